The Morgan fingerprint density at radius 2 is 2.13 bits per heavy atom. The molecular formula is C11H10BrClN2. The highest BCUT2D eigenvalue weighted by atomic mass is 79.9. The number of rotatable bonds is 0. The van der Waals surface area contributed by atoms with Gasteiger partial charge in [-0.2, -0.15) is 0 Å². The van der Waals surface area contributed by atoms with Crippen molar-refractivity contribution in [2.24, 2.45) is 0 Å². The number of halogens is 2. The third kappa shape index (κ3) is 1.41. The standard InChI is InChI=1S/C11H10BrClN2/c12-7-5-14-11(13)9-6-3-1-2-4-8(6)15-10(7)9/h5,15H,1-4H2. The Hall–Kier alpha value is -0.540. The minimum Gasteiger partial charge on any atom is -0.357 e. The molecule has 0 atom stereocenters. The van der Waals surface area contributed by atoms with Crippen molar-refractivity contribution in [1.82, 2.24) is 9.97 Å². The first-order valence-corrected chi connectivity index (χ1v) is 6.28. The van der Waals surface area contributed by atoms with Crippen LogP contribution < -0.4 is 0 Å². The Labute approximate surface area is 101 Å². The molecule has 0 aliphatic heterocycles. The molecule has 0 spiro atoms. The Kier molecular flexibility index (Phi) is 2.25. The summed E-state index contributed by atoms with van der Waals surface area (Å²) in [4.78, 5) is 7.64. The number of nitrogens with zero attached hydrogens (tertiary/aromatic N) is 1. The molecule has 0 amide bonds. The van der Waals surface area contributed by atoms with Gasteiger partial charge in [-0.25, -0.2) is 4.98 Å². The van der Waals surface area contributed by atoms with Crippen molar-refractivity contribution in [3.63, 3.8) is 0 Å². The average Bonchev–Trinajstić information content (AvgIpc) is 2.64. The van der Waals surface area contributed by atoms with Crippen molar-refractivity contribution < 1.29 is 0 Å². The Morgan fingerprint density at radius 1 is 1.33 bits per heavy atom. The van der Waals surface area contributed by atoms with Crippen LogP contribution in [0.2, 0.25) is 5.15 Å². The van der Waals surface area contributed by atoms with Gasteiger partial charge >= 0.3 is 0 Å². The first-order chi connectivity index (χ1) is 7.27. The van der Waals surface area contributed by atoms with Crippen molar-refractivity contribution >= 4 is 38.4 Å². The van der Waals surface area contributed by atoms with Crippen molar-refractivity contribution in [3.05, 3.63) is 27.1 Å². The molecule has 2 aromatic rings. The van der Waals surface area contributed by atoms with Crippen LogP contribution in [0, 0.1) is 0 Å². The monoisotopic (exact) mass is 284 g/mol. The van der Waals surface area contributed by atoms with Gasteiger partial charge in [-0.15, -0.1) is 0 Å². The summed E-state index contributed by atoms with van der Waals surface area (Å²) in [7, 11) is 0. The maximum atomic E-state index is 6.16. The van der Waals surface area contributed by atoms with E-state index in [0.29, 0.717) is 5.15 Å². The Balaban J connectivity index is 2.41. The summed E-state index contributed by atoms with van der Waals surface area (Å²) in [5.74, 6) is 0. The summed E-state index contributed by atoms with van der Waals surface area (Å²) in [6.45, 7) is 0. The second-order valence-corrected chi connectivity index (χ2v) is 5.15. The van der Waals surface area contributed by atoms with Crippen LogP contribution in [0.15, 0.2) is 10.7 Å². The van der Waals surface area contributed by atoms with Crippen LogP contribution in [-0.4, -0.2) is 9.97 Å². The van der Waals surface area contributed by atoms with Gasteiger partial charge in [0.25, 0.3) is 0 Å². The number of aromatic nitrogens is 2. The van der Waals surface area contributed by atoms with E-state index in [1.165, 1.54) is 24.1 Å². The second kappa shape index (κ2) is 3.49. The topological polar surface area (TPSA) is 28.7 Å². The van der Waals surface area contributed by atoms with E-state index >= 15 is 0 Å². The number of pyridine rings is 1. The van der Waals surface area contributed by atoms with Gasteiger partial charge in [-0.3, -0.25) is 0 Å². The minimum absolute atomic E-state index is 0.618. The van der Waals surface area contributed by atoms with E-state index in [1.54, 1.807) is 6.20 Å². The van der Waals surface area contributed by atoms with E-state index in [9.17, 15) is 0 Å². The zero-order valence-corrected chi connectivity index (χ0v) is 10.5. The van der Waals surface area contributed by atoms with Gasteiger partial charge in [0.05, 0.1) is 9.99 Å². The Bertz CT molecular complexity index is 533. The Morgan fingerprint density at radius 3 is 3.00 bits per heavy atom. The fraction of sp³-hybridized carbons (Fsp3) is 0.364. The highest BCUT2D eigenvalue weighted by Gasteiger charge is 2.19. The van der Waals surface area contributed by atoms with Crippen molar-refractivity contribution in [2.45, 2.75) is 25.7 Å². The normalized spacial score (nSPS) is 15.6. The molecule has 0 fully saturated rings. The zero-order valence-electron chi connectivity index (χ0n) is 8.11. The fourth-order valence-corrected chi connectivity index (χ4v) is 2.99. The summed E-state index contributed by atoms with van der Waals surface area (Å²) >= 11 is 9.66. The maximum Gasteiger partial charge on any atom is 0.138 e. The number of aromatic amines is 1. The van der Waals surface area contributed by atoms with Crippen LogP contribution in [0.25, 0.3) is 10.9 Å². The molecule has 15 heavy (non-hydrogen) atoms. The van der Waals surface area contributed by atoms with E-state index < -0.39 is 0 Å². The molecular weight excluding hydrogens is 275 g/mol. The van der Waals surface area contributed by atoms with Crippen LogP contribution in [0.5, 0.6) is 0 Å². The number of fused-ring (bicyclic) bond motifs is 3. The lowest BCUT2D eigenvalue weighted by Crippen LogP contribution is -2.00. The first kappa shape index (κ1) is 9.67. The van der Waals surface area contributed by atoms with Crippen molar-refractivity contribution in [3.8, 4) is 0 Å². The summed E-state index contributed by atoms with van der Waals surface area (Å²) in [6, 6.07) is 0. The third-order valence-corrected chi connectivity index (χ3v) is 3.92. The summed E-state index contributed by atoms with van der Waals surface area (Å²) in [5, 5.41) is 1.73. The molecule has 0 radical (unpaired) electrons. The lowest BCUT2D eigenvalue weighted by Gasteiger charge is -2.10. The molecule has 4 heteroatoms. The molecule has 78 valence electrons. The number of hydrogen-bond acceptors (Lipinski definition) is 1. The van der Waals surface area contributed by atoms with E-state index in [2.05, 4.69) is 25.9 Å². The molecule has 0 aromatic carbocycles. The van der Waals surface area contributed by atoms with Crippen molar-refractivity contribution in [1.29, 1.82) is 0 Å². The van der Waals surface area contributed by atoms with Gasteiger partial charge in [-0.1, -0.05) is 11.6 Å². The van der Waals surface area contributed by atoms with Crippen LogP contribution in [0.4, 0.5) is 0 Å². The quantitative estimate of drug-likeness (QED) is 0.732. The van der Waals surface area contributed by atoms with E-state index in [4.69, 9.17) is 11.6 Å². The number of aryl methyl sites for hydroxylation is 2. The molecule has 2 aromatic heterocycles. The highest BCUT2D eigenvalue weighted by molar-refractivity contribution is 9.10. The molecule has 0 unspecified atom stereocenters. The molecule has 0 saturated heterocycles. The lowest BCUT2D eigenvalue weighted by atomic mass is 9.96. The zero-order chi connectivity index (χ0) is 10.4. The largest absolute Gasteiger partial charge is 0.357 e. The molecule has 0 saturated carbocycles. The van der Waals surface area contributed by atoms with Crippen LogP contribution in [-0.2, 0) is 12.8 Å². The predicted octanol–water partition coefficient (Wildman–Crippen LogP) is 3.86. The van der Waals surface area contributed by atoms with Gasteiger partial charge in [-0.05, 0) is 47.2 Å². The van der Waals surface area contributed by atoms with Gasteiger partial charge < -0.3 is 4.98 Å². The van der Waals surface area contributed by atoms with Crippen molar-refractivity contribution in [2.75, 3.05) is 0 Å². The van der Waals surface area contributed by atoms with E-state index in [1.807, 2.05) is 0 Å². The lowest BCUT2D eigenvalue weighted by molar-refractivity contribution is 0.680. The first-order valence-electron chi connectivity index (χ1n) is 5.11. The number of hydrogen-bond donors (Lipinski definition) is 1. The number of H-pyrrole nitrogens is 1. The fourth-order valence-electron chi connectivity index (χ4n) is 2.33. The van der Waals surface area contributed by atoms with Gasteiger partial charge in [0.15, 0.2) is 0 Å². The summed E-state index contributed by atoms with van der Waals surface area (Å²) in [6.07, 6.45) is 6.53. The predicted molar refractivity (Wildman–Crippen MR) is 65.4 cm³/mol. The molecule has 2 nitrogen and oxygen atoms in total. The van der Waals surface area contributed by atoms with E-state index in [0.717, 1.165) is 28.2 Å². The minimum atomic E-state index is 0.618. The number of nitrogens with one attached hydrogen (secondary N) is 1. The highest BCUT2D eigenvalue weighted by Crippen LogP contribution is 2.35. The van der Waals surface area contributed by atoms with Crippen LogP contribution in [0.1, 0.15) is 24.1 Å². The molecule has 0 bridgehead atoms. The maximum absolute atomic E-state index is 6.16. The molecule has 2 heterocycles. The third-order valence-electron chi connectivity index (χ3n) is 3.03. The van der Waals surface area contributed by atoms with Gasteiger partial charge in [0, 0.05) is 17.3 Å². The molecule has 3 rings (SSSR count). The van der Waals surface area contributed by atoms with Crippen LogP contribution in [0.3, 0.4) is 0 Å². The van der Waals surface area contributed by atoms with E-state index in [-0.39, 0.29) is 0 Å². The van der Waals surface area contributed by atoms with Gasteiger partial charge in [0.2, 0.25) is 0 Å². The van der Waals surface area contributed by atoms with Crippen LogP contribution >= 0.6 is 27.5 Å². The summed E-state index contributed by atoms with van der Waals surface area (Å²) < 4.78 is 0.997. The molecule has 1 aliphatic carbocycles. The average molecular weight is 286 g/mol. The van der Waals surface area contributed by atoms with Gasteiger partial charge in [0.1, 0.15) is 5.15 Å². The SMILES string of the molecule is Clc1ncc(Br)c2[nH]c3c(c12)CCCC3. The molecule has 1 aliphatic rings. The second-order valence-electron chi connectivity index (χ2n) is 3.94. The summed E-state index contributed by atoms with van der Waals surface area (Å²) in [5.41, 5.74) is 3.81. The molecule has 1 N–H and O–H groups in total. The smallest absolute Gasteiger partial charge is 0.138 e.